The number of hydrogen-bond acceptors (Lipinski definition) is 3. The van der Waals surface area contributed by atoms with Crippen LogP contribution in [-0.4, -0.2) is 43.2 Å². The van der Waals surface area contributed by atoms with E-state index in [1.807, 2.05) is 0 Å². The second kappa shape index (κ2) is 14.8. The van der Waals surface area contributed by atoms with Gasteiger partial charge in [0.25, 0.3) is 0 Å². The summed E-state index contributed by atoms with van der Waals surface area (Å²) in [6.45, 7) is 19.3. The predicted molar refractivity (Wildman–Crippen MR) is 194 cm³/mol. The third kappa shape index (κ3) is 9.70. The third-order valence-corrected chi connectivity index (χ3v) is 7.52. The van der Waals surface area contributed by atoms with E-state index in [1.54, 1.807) is 0 Å². The zero-order valence-corrected chi connectivity index (χ0v) is 29.0. The lowest BCUT2D eigenvalue weighted by Gasteiger charge is -2.28. The molecule has 0 aliphatic carbocycles. The SMILES string of the molecule is C\C=C/C=C(/C=C\N(C[n+]1c(N(C)CC(C)(C)C)ccc2ccn(-c3ccccc3)c21)c1ccccc1)CN(C)CC(C)(C)C. The van der Waals surface area contributed by atoms with Gasteiger partial charge in [0.05, 0.1) is 25.2 Å². The topological polar surface area (TPSA) is 18.5 Å². The van der Waals surface area contributed by atoms with Crippen molar-refractivity contribution in [2.24, 2.45) is 10.8 Å². The van der Waals surface area contributed by atoms with Crippen LogP contribution in [0.3, 0.4) is 0 Å². The molecule has 2 heterocycles. The molecule has 5 nitrogen and oxygen atoms in total. The van der Waals surface area contributed by atoms with Crippen molar-refractivity contribution in [1.29, 1.82) is 0 Å². The first kappa shape index (κ1) is 33.8. The standard InChI is InChI=1S/C40H54N5/c1-10-11-18-33(29-41(8)30-39(2,3)4)25-27-43(35-19-14-12-15-20-35)32-45-37(42(9)31-40(5,6)7)24-23-34-26-28-44(38(34)45)36-21-16-13-17-22-36/h10-28H,29-32H2,1-9H3/q+1/b11-10-,27-25-,33-18-. The Morgan fingerprint density at radius 1 is 0.800 bits per heavy atom. The van der Waals surface area contributed by atoms with Gasteiger partial charge in [-0.2, -0.15) is 0 Å². The van der Waals surface area contributed by atoms with Crippen LogP contribution in [0.15, 0.2) is 121 Å². The lowest BCUT2D eigenvalue weighted by molar-refractivity contribution is -0.659. The number of likely N-dealkylation sites (N-methyl/N-ethyl adjacent to an activating group) is 1. The molecule has 45 heavy (non-hydrogen) atoms. The minimum absolute atomic E-state index is 0.146. The smallest absolute Gasteiger partial charge is 0.242 e. The van der Waals surface area contributed by atoms with Crippen LogP contribution in [0.4, 0.5) is 11.5 Å². The molecule has 0 unspecified atom stereocenters. The van der Waals surface area contributed by atoms with Crippen molar-refractivity contribution in [2.45, 2.75) is 55.1 Å². The van der Waals surface area contributed by atoms with Gasteiger partial charge in [0.15, 0.2) is 0 Å². The monoisotopic (exact) mass is 604 g/mol. The first-order chi connectivity index (χ1) is 21.3. The van der Waals surface area contributed by atoms with Crippen LogP contribution in [0.2, 0.25) is 0 Å². The van der Waals surface area contributed by atoms with Gasteiger partial charge in [-0.3, -0.25) is 4.90 Å². The number of pyridine rings is 1. The fourth-order valence-corrected chi connectivity index (χ4v) is 6.01. The van der Waals surface area contributed by atoms with Gasteiger partial charge in [-0.15, -0.1) is 0 Å². The maximum Gasteiger partial charge on any atom is 0.242 e. The van der Waals surface area contributed by atoms with Crippen molar-refractivity contribution in [2.75, 3.05) is 43.5 Å². The largest absolute Gasteiger partial charge is 0.317 e. The summed E-state index contributed by atoms with van der Waals surface area (Å²) >= 11 is 0. The minimum atomic E-state index is 0.146. The molecule has 4 aromatic rings. The van der Waals surface area contributed by atoms with E-state index in [4.69, 9.17) is 0 Å². The first-order valence-electron chi connectivity index (χ1n) is 16.2. The Kier molecular flexibility index (Phi) is 11.1. The molecule has 238 valence electrons. The second-order valence-corrected chi connectivity index (χ2v) is 14.6. The molecule has 0 aliphatic heterocycles. The van der Waals surface area contributed by atoms with E-state index in [0.29, 0.717) is 6.67 Å². The van der Waals surface area contributed by atoms with Crippen LogP contribution in [0, 0.1) is 10.8 Å². The Bertz CT molecular complexity index is 1600. The molecule has 0 saturated carbocycles. The molecule has 0 amide bonds. The van der Waals surface area contributed by atoms with E-state index in [-0.39, 0.29) is 10.8 Å². The lowest BCUT2D eigenvalue weighted by atomic mass is 9.96. The molecule has 0 spiro atoms. The van der Waals surface area contributed by atoms with E-state index < -0.39 is 0 Å². The number of allylic oxidation sites excluding steroid dienone is 3. The highest BCUT2D eigenvalue weighted by molar-refractivity contribution is 5.76. The quantitative estimate of drug-likeness (QED) is 0.119. The molecule has 5 heteroatoms. The zero-order valence-electron chi connectivity index (χ0n) is 29.0. The molecular formula is C40H54N5+. The number of benzene rings is 2. The van der Waals surface area contributed by atoms with E-state index in [2.05, 4.69) is 202 Å². The lowest BCUT2D eigenvalue weighted by Crippen LogP contribution is -2.49. The molecule has 2 aromatic heterocycles. The molecule has 0 saturated heterocycles. The number of para-hydroxylation sites is 2. The molecule has 0 radical (unpaired) electrons. The Morgan fingerprint density at radius 3 is 2.07 bits per heavy atom. The summed E-state index contributed by atoms with van der Waals surface area (Å²) in [7, 11) is 4.42. The van der Waals surface area contributed by atoms with Crippen LogP contribution in [0.1, 0.15) is 48.5 Å². The van der Waals surface area contributed by atoms with Crippen LogP contribution in [-0.2, 0) is 6.67 Å². The molecule has 0 fully saturated rings. The number of fused-ring (bicyclic) bond motifs is 1. The van der Waals surface area contributed by atoms with Crippen LogP contribution in [0.5, 0.6) is 0 Å². The number of nitrogens with zero attached hydrogens (tertiary/aromatic N) is 5. The summed E-state index contributed by atoms with van der Waals surface area (Å²) in [5, 5.41) is 1.21. The van der Waals surface area contributed by atoms with E-state index in [1.165, 1.54) is 22.4 Å². The van der Waals surface area contributed by atoms with Crippen LogP contribution in [0.25, 0.3) is 16.7 Å². The number of aromatic nitrogens is 2. The highest BCUT2D eigenvalue weighted by Gasteiger charge is 2.25. The summed E-state index contributed by atoms with van der Waals surface area (Å²) in [5.41, 5.74) is 5.11. The highest BCUT2D eigenvalue weighted by atomic mass is 15.3. The summed E-state index contributed by atoms with van der Waals surface area (Å²) in [5.74, 6) is 1.18. The summed E-state index contributed by atoms with van der Waals surface area (Å²) in [6.07, 6.45) is 13.2. The Balaban J connectivity index is 1.84. The van der Waals surface area contributed by atoms with Crippen molar-refractivity contribution in [1.82, 2.24) is 9.47 Å². The molecular weight excluding hydrogens is 550 g/mol. The van der Waals surface area contributed by atoms with Crippen LogP contribution >= 0.6 is 0 Å². The molecule has 0 bridgehead atoms. The van der Waals surface area contributed by atoms with Gasteiger partial charge >= 0.3 is 0 Å². The van der Waals surface area contributed by atoms with Crippen molar-refractivity contribution in [3.05, 3.63) is 121 Å². The van der Waals surface area contributed by atoms with E-state index in [0.717, 1.165) is 31.0 Å². The number of anilines is 2. The summed E-state index contributed by atoms with van der Waals surface area (Å²) < 4.78 is 4.78. The Hall–Kier alpha value is -4.09. The fraction of sp³-hybridized carbons (Fsp3) is 0.375. The highest BCUT2D eigenvalue weighted by Crippen LogP contribution is 2.25. The minimum Gasteiger partial charge on any atom is -0.317 e. The second-order valence-electron chi connectivity index (χ2n) is 14.6. The van der Waals surface area contributed by atoms with Gasteiger partial charge in [0.2, 0.25) is 11.5 Å². The Morgan fingerprint density at radius 2 is 1.44 bits per heavy atom. The molecule has 0 N–H and O–H groups in total. The normalized spacial score (nSPS) is 13.1. The van der Waals surface area contributed by atoms with E-state index >= 15 is 0 Å². The van der Waals surface area contributed by atoms with Crippen molar-refractivity contribution in [3.8, 4) is 5.69 Å². The fourth-order valence-electron chi connectivity index (χ4n) is 6.01. The van der Waals surface area contributed by atoms with Crippen molar-refractivity contribution >= 4 is 22.5 Å². The van der Waals surface area contributed by atoms with Gasteiger partial charge in [-0.25, -0.2) is 9.13 Å². The van der Waals surface area contributed by atoms with Gasteiger partial charge in [-0.1, -0.05) is 96.2 Å². The maximum atomic E-state index is 2.46. The predicted octanol–water partition coefficient (Wildman–Crippen LogP) is 8.86. The number of hydrogen-bond donors (Lipinski definition) is 0. The Labute approximate surface area is 272 Å². The van der Waals surface area contributed by atoms with Gasteiger partial charge < -0.3 is 9.80 Å². The van der Waals surface area contributed by atoms with Crippen LogP contribution < -0.4 is 14.4 Å². The summed E-state index contributed by atoms with van der Waals surface area (Å²) in [4.78, 5) is 7.17. The van der Waals surface area contributed by atoms with Gasteiger partial charge in [-0.05, 0) is 72.8 Å². The average Bonchev–Trinajstić information content (AvgIpc) is 3.41. The van der Waals surface area contributed by atoms with Crippen molar-refractivity contribution in [3.63, 3.8) is 0 Å². The molecule has 0 atom stereocenters. The first-order valence-corrected chi connectivity index (χ1v) is 16.2. The molecule has 2 aromatic carbocycles. The number of rotatable bonds is 12. The maximum absolute atomic E-state index is 2.46. The van der Waals surface area contributed by atoms with Crippen molar-refractivity contribution < 1.29 is 4.57 Å². The van der Waals surface area contributed by atoms with Gasteiger partial charge in [0.1, 0.15) is 12.4 Å². The third-order valence-electron chi connectivity index (χ3n) is 7.52. The molecule has 0 aliphatic rings. The zero-order chi connectivity index (χ0) is 32.6. The van der Waals surface area contributed by atoms with Gasteiger partial charge in [0, 0.05) is 31.0 Å². The van der Waals surface area contributed by atoms with E-state index in [9.17, 15) is 0 Å². The summed E-state index contributed by atoms with van der Waals surface area (Å²) in [6, 6.07) is 28.1. The molecule has 4 rings (SSSR count). The average molecular weight is 605 g/mol.